The fourth-order valence-corrected chi connectivity index (χ4v) is 9.17. The van der Waals surface area contributed by atoms with E-state index in [0.717, 1.165) is 74.0 Å². The minimum Gasteiger partial charge on any atom is -0.469 e. The summed E-state index contributed by atoms with van der Waals surface area (Å²) in [6, 6.07) is 0. The van der Waals surface area contributed by atoms with E-state index in [1.807, 2.05) is 21.2 Å². The van der Waals surface area contributed by atoms with Gasteiger partial charge in [0.25, 0.3) is 0 Å². The van der Waals surface area contributed by atoms with Gasteiger partial charge in [-0.3, -0.25) is 18.4 Å². The van der Waals surface area contributed by atoms with Crippen LogP contribution in [-0.4, -0.2) is 54.9 Å². The first-order chi connectivity index (χ1) is 22.8. The van der Waals surface area contributed by atoms with E-state index in [-0.39, 0.29) is 35.6 Å². The maximum absolute atomic E-state index is 12.5. The topological polar surface area (TPSA) is 165 Å². The molecule has 2 saturated carbocycles. The number of carbonyl (C=O) groups excluding carboxylic acids is 2. The van der Waals surface area contributed by atoms with Crippen LogP contribution >= 0.6 is 31.9 Å². The second-order valence-corrected chi connectivity index (χ2v) is 15.3. The number of imidazole rings is 2. The van der Waals surface area contributed by atoms with Gasteiger partial charge in [0.2, 0.25) is 0 Å². The predicted molar refractivity (Wildman–Crippen MR) is 191 cm³/mol. The summed E-state index contributed by atoms with van der Waals surface area (Å²) in [4.78, 5) is 42.7. The normalized spacial score (nSPS) is 24.5. The minimum atomic E-state index is -0.450. The number of halogens is 2. The predicted octanol–water partition coefficient (Wildman–Crippen LogP) is 7.09. The Kier molecular flexibility index (Phi) is 10.7. The smallest absolute Gasteiger partial charge is 0.312 e. The first-order valence-corrected chi connectivity index (χ1v) is 18.1. The van der Waals surface area contributed by atoms with Crippen LogP contribution in [0.25, 0.3) is 11.0 Å². The Balaban J connectivity index is 0.000000188. The van der Waals surface area contributed by atoms with E-state index in [1.54, 1.807) is 12.4 Å². The Morgan fingerprint density at radius 1 is 0.771 bits per heavy atom. The first kappa shape index (κ1) is 36.0. The van der Waals surface area contributed by atoms with Crippen molar-refractivity contribution in [1.29, 1.82) is 0 Å². The zero-order valence-electron chi connectivity index (χ0n) is 28.5. The van der Waals surface area contributed by atoms with E-state index in [2.05, 4.69) is 69.5 Å². The highest BCUT2D eigenvalue weighted by molar-refractivity contribution is 9.10. The number of carbonyl (C=O) groups is 2. The van der Waals surface area contributed by atoms with Crippen molar-refractivity contribution in [2.45, 2.75) is 90.9 Å². The largest absolute Gasteiger partial charge is 0.469 e. The summed E-state index contributed by atoms with van der Waals surface area (Å²) in [6.07, 6.45) is 14.3. The summed E-state index contributed by atoms with van der Waals surface area (Å²) in [7, 11) is 2.95. The van der Waals surface area contributed by atoms with Gasteiger partial charge in [0.1, 0.15) is 31.9 Å². The molecule has 0 aromatic carbocycles. The molecule has 4 N–H and O–H groups in total. The summed E-state index contributed by atoms with van der Waals surface area (Å²) in [5.41, 5.74) is 12.7. The van der Waals surface area contributed by atoms with Crippen LogP contribution in [0.4, 0.5) is 11.6 Å². The van der Waals surface area contributed by atoms with Crippen LogP contribution < -0.4 is 11.5 Å². The molecule has 260 valence electrons. The lowest BCUT2D eigenvalue weighted by atomic mass is 9.63. The van der Waals surface area contributed by atoms with Crippen LogP contribution in [-0.2, 0) is 19.1 Å². The van der Waals surface area contributed by atoms with Gasteiger partial charge in [-0.15, -0.1) is 0 Å². The maximum atomic E-state index is 12.5. The highest BCUT2D eigenvalue weighted by atomic mass is 79.9. The highest BCUT2D eigenvalue weighted by Gasteiger charge is 2.48. The Hall–Kier alpha value is -3.26. The molecular formula is C34H46Br2N8O4. The molecule has 2 fully saturated rings. The number of esters is 2. The molecule has 12 nitrogen and oxygen atoms in total. The molecule has 14 heteroatoms. The number of nitrogen functional groups attached to an aromatic ring is 2. The quantitative estimate of drug-likeness (QED) is 0.193. The minimum absolute atomic E-state index is 0.108. The number of ether oxygens (including phenoxy) is 2. The third-order valence-electron chi connectivity index (χ3n) is 10.8. The highest BCUT2D eigenvalue weighted by Crippen LogP contribution is 2.50. The zero-order valence-corrected chi connectivity index (χ0v) is 31.7. The van der Waals surface area contributed by atoms with Crippen molar-refractivity contribution in [2.75, 3.05) is 25.7 Å². The Morgan fingerprint density at radius 3 is 1.48 bits per heavy atom. The Morgan fingerprint density at radius 2 is 1.15 bits per heavy atom. The van der Waals surface area contributed by atoms with Crippen LogP contribution in [0.5, 0.6) is 0 Å². The molecule has 0 saturated heterocycles. The van der Waals surface area contributed by atoms with Crippen molar-refractivity contribution in [3.05, 3.63) is 45.6 Å². The van der Waals surface area contributed by atoms with Gasteiger partial charge < -0.3 is 20.9 Å². The van der Waals surface area contributed by atoms with Crippen molar-refractivity contribution in [3.63, 3.8) is 0 Å². The van der Waals surface area contributed by atoms with Crippen LogP contribution in [0.15, 0.2) is 34.0 Å². The lowest BCUT2D eigenvalue weighted by Gasteiger charge is -2.41. The lowest BCUT2D eigenvalue weighted by Crippen LogP contribution is -2.41. The number of anilines is 2. The van der Waals surface area contributed by atoms with E-state index in [4.69, 9.17) is 30.9 Å². The molecule has 0 bridgehead atoms. The number of hydrogen-bond acceptors (Lipinski definition) is 10. The molecule has 0 aliphatic heterocycles. The Labute approximate surface area is 298 Å². The standard InChI is InChI=1S/2C17H23BrN4O2/c2*1-10(2)17(16(23)24-3)6-4-5-11(9-17)15-21-13(18)12-14(19)20-7-8-22(12)15/h2*7-8,10-11H,4-6,9H2,1-3H3,(H2,19,20)/t2*11-,17+/m10/s1. The van der Waals surface area contributed by atoms with E-state index < -0.39 is 10.8 Å². The third-order valence-corrected chi connectivity index (χ3v) is 11.9. The van der Waals surface area contributed by atoms with Crippen LogP contribution in [0, 0.1) is 22.7 Å². The Bertz CT molecular complexity index is 1680. The van der Waals surface area contributed by atoms with Gasteiger partial charge in [0.05, 0.1) is 25.0 Å². The number of aromatic nitrogens is 6. The number of fused-ring (bicyclic) bond motifs is 2. The number of hydrogen-bond donors (Lipinski definition) is 2. The van der Waals surface area contributed by atoms with E-state index in [1.165, 1.54) is 14.2 Å². The SMILES string of the molecule is COC(=O)[C@@]1(C(C)C)CCC[C@@H](c2nc(Br)c3c(N)nccn23)C1.COC(=O)[C@]1(C(C)C)CCC[C@H](c2nc(Br)c3c(N)nccn23)C1. The van der Waals surface area contributed by atoms with Crippen molar-refractivity contribution >= 4 is 66.5 Å². The van der Waals surface area contributed by atoms with E-state index >= 15 is 0 Å². The van der Waals surface area contributed by atoms with Crippen molar-refractivity contribution in [2.24, 2.45) is 22.7 Å². The van der Waals surface area contributed by atoms with Gasteiger partial charge in [-0.1, -0.05) is 40.5 Å². The molecule has 6 rings (SSSR count). The van der Waals surface area contributed by atoms with Gasteiger partial charge in [-0.05, 0) is 82.2 Å². The van der Waals surface area contributed by atoms with Gasteiger partial charge in [-0.25, -0.2) is 19.9 Å². The fourth-order valence-electron chi connectivity index (χ4n) is 8.02. The average molecular weight is 791 g/mol. The fraction of sp³-hybridized carbons (Fsp3) is 0.588. The summed E-state index contributed by atoms with van der Waals surface area (Å²) < 4.78 is 15.7. The number of nitrogens with zero attached hydrogens (tertiary/aromatic N) is 6. The molecule has 0 unspecified atom stereocenters. The zero-order chi connectivity index (χ0) is 35.0. The van der Waals surface area contributed by atoms with Crippen LogP contribution in [0.2, 0.25) is 0 Å². The number of rotatable bonds is 6. The molecule has 4 heterocycles. The lowest BCUT2D eigenvalue weighted by molar-refractivity contribution is -0.159. The molecule has 0 amide bonds. The molecule has 48 heavy (non-hydrogen) atoms. The van der Waals surface area contributed by atoms with Crippen LogP contribution in [0.3, 0.4) is 0 Å². The first-order valence-electron chi connectivity index (χ1n) is 16.5. The van der Waals surface area contributed by atoms with Crippen molar-refractivity contribution in [3.8, 4) is 0 Å². The molecule has 4 atom stereocenters. The summed E-state index contributed by atoms with van der Waals surface area (Å²) >= 11 is 6.98. The molecule has 2 aliphatic rings. The second-order valence-electron chi connectivity index (χ2n) is 13.8. The van der Waals surface area contributed by atoms with Crippen LogP contribution in [0.1, 0.15) is 103 Å². The van der Waals surface area contributed by atoms with Crippen molar-refractivity contribution in [1.82, 2.24) is 28.7 Å². The summed E-state index contributed by atoms with van der Waals surface area (Å²) in [5, 5.41) is 0. The third kappa shape index (κ3) is 6.30. The van der Waals surface area contributed by atoms with Gasteiger partial charge in [0.15, 0.2) is 11.6 Å². The number of nitrogens with two attached hydrogens (primary N) is 2. The summed E-state index contributed by atoms with van der Waals surface area (Å²) in [6.45, 7) is 8.39. The molecule has 0 radical (unpaired) electrons. The summed E-state index contributed by atoms with van der Waals surface area (Å²) in [5.74, 6) is 3.33. The molecule has 2 aliphatic carbocycles. The van der Waals surface area contributed by atoms with Gasteiger partial charge in [0, 0.05) is 36.6 Å². The molecular weight excluding hydrogens is 744 g/mol. The van der Waals surface area contributed by atoms with Gasteiger partial charge in [-0.2, -0.15) is 0 Å². The molecule has 4 aromatic rings. The second kappa shape index (κ2) is 14.3. The monoisotopic (exact) mass is 788 g/mol. The van der Waals surface area contributed by atoms with E-state index in [9.17, 15) is 9.59 Å². The van der Waals surface area contributed by atoms with Crippen molar-refractivity contribution < 1.29 is 19.1 Å². The average Bonchev–Trinajstić information content (AvgIpc) is 3.61. The van der Waals surface area contributed by atoms with Gasteiger partial charge >= 0.3 is 11.9 Å². The molecule has 0 spiro atoms. The maximum Gasteiger partial charge on any atom is 0.312 e. The van der Waals surface area contributed by atoms with E-state index in [0.29, 0.717) is 20.8 Å². The molecule has 4 aromatic heterocycles. The number of methoxy groups -OCH3 is 2.